The summed E-state index contributed by atoms with van der Waals surface area (Å²) in [7, 11) is 0. The molecule has 1 N–H and O–H groups in total. The quantitative estimate of drug-likeness (QED) is 0.187. The van der Waals surface area contributed by atoms with E-state index in [-0.39, 0.29) is 0 Å². The van der Waals surface area contributed by atoms with Crippen LogP contribution in [0.25, 0.3) is 10.8 Å². The minimum absolute atomic E-state index is 0.351. The topological polar surface area (TPSA) is 20.2 Å². The summed E-state index contributed by atoms with van der Waals surface area (Å²) in [6.45, 7) is 2.30. The van der Waals surface area contributed by atoms with Crippen LogP contribution in [0.1, 0.15) is 141 Å². The number of hydrogen-bond acceptors (Lipinski definition) is 1. The van der Waals surface area contributed by atoms with Crippen LogP contribution in [0, 0.1) is 0 Å². The zero-order chi connectivity index (χ0) is 23.4. The number of hydrogen-bond donors (Lipinski definition) is 1. The molecule has 0 aliphatic carbocycles. The fourth-order valence-corrected chi connectivity index (χ4v) is 5.02. The molecule has 0 aliphatic rings. The highest BCUT2D eigenvalue weighted by molar-refractivity contribution is 5.84. The predicted molar refractivity (Wildman–Crippen MR) is 147 cm³/mol. The minimum Gasteiger partial charge on any atom is -0.508 e. The molecule has 0 saturated carbocycles. The van der Waals surface area contributed by atoms with E-state index in [0.29, 0.717) is 5.75 Å². The Balaban J connectivity index is 1.30. The largest absolute Gasteiger partial charge is 0.508 e. The van der Waals surface area contributed by atoms with Crippen LogP contribution in [0.4, 0.5) is 0 Å². The van der Waals surface area contributed by atoms with Crippen molar-refractivity contribution in [2.45, 2.75) is 142 Å². The molecule has 0 spiro atoms. The molecule has 2 aromatic rings. The molecule has 0 aromatic heterocycles. The van der Waals surface area contributed by atoms with Gasteiger partial charge in [-0.05, 0) is 41.3 Å². The first kappa shape index (κ1) is 27.7. The van der Waals surface area contributed by atoms with Crippen molar-refractivity contribution in [3.63, 3.8) is 0 Å². The second-order valence-corrected chi connectivity index (χ2v) is 10.3. The Kier molecular flexibility index (Phi) is 15.9. The maximum absolute atomic E-state index is 9.58. The second-order valence-electron chi connectivity index (χ2n) is 10.3. The lowest BCUT2D eigenvalue weighted by molar-refractivity contribution is 0.476. The summed E-state index contributed by atoms with van der Waals surface area (Å²) in [6, 6.07) is 12.3. The third-order valence-electron chi connectivity index (χ3n) is 7.21. The molecule has 186 valence electrons. The van der Waals surface area contributed by atoms with Crippen molar-refractivity contribution >= 4 is 10.8 Å². The molecule has 33 heavy (non-hydrogen) atoms. The second kappa shape index (κ2) is 18.9. The van der Waals surface area contributed by atoms with Gasteiger partial charge in [-0.2, -0.15) is 0 Å². The van der Waals surface area contributed by atoms with Crippen molar-refractivity contribution in [2.24, 2.45) is 0 Å². The van der Waals surface area contributed by atoms with Crippen molar-refractivity contribution in [3.05, 3.63) is 42.0 Å². The van der Waals surface area contributed by atoms with Gasteiger partial charge in [-0.3, -0.25) is 0 Å². The van der Waals surface area contributed by atoms with E-state index in [0.717, 1.165) is 5.39 Å². The summed E-state index contributed by atoms with van der Waals surface area (Å²) in [5.41, 5.74) is 1.43. The number of unbranched alkanes of at least 4 members (excludes halogenated alkanes) is 19. The van der Waals surface area contributed by atoms with Crippen LogP contribution < -0.4 is 0 Å². The Labute approximate surface area is 205 Å². The van der Waals surface area contributed by atoms with Crippen LogP contribution in [0.15, 0.2) is 36.4 Å². The lowest BCUT2D eigenvalue weighted by Crippen LogP contribution is -1.87. The third kappa shape index (κ3) is 13.7. The predicted octanol–water partition coefficient (Wildman–Crippen LogP) is 10.9. The van der Waals surface area contributed by atoms with Crippen LogP contribution in [0.5, 0.6) is 5.75 Å². The Morgan fingerprint density at radius 2 is 0.848 bits per heavy atom. The highest BCUT2D eigenvalue weighted by Crippen LogP contribution is 2.22. The fourth-order valence-electron chi connectivity index (χ4n) is 5.02. The van der Waals surface area contributed by atoms with E-state index in [4.69, 9.17) is 0 Å². The molecule has 1 heteroatoms. The van der Waals surface area contributed by atoms with Gasteiger partial charge in [-0.15, -0.1) is 0 Å². The monoisotopic (exact) mass is 452 g/mol. The molecule has 0 fully saturated rings. The number of phenolic OH excluding ortho intramolecular Hbond substituents is 1. The zero-order valence-corrected chi connectivity index (χ0v) is 21.8. The summed E-state index contributed by atoms with van der Waals surface area (Å²) in [4.78, 5) is 0. The van der Waals surface area contributed by atoms with Gasteiger partial charge < -0.3 is 5.11 Å². The van der Waals surface area contributed by atoms with E-state index in [1.807, 2.05) is 12.1 Å². The Morgan fingerprint density at radius 1 is 0.455 bits per heavy atom. The van der Waals surface area contributed by atoms with E-state index in [1.54, 1.807) is 6.07 Å². The Morgan fingerprint density at radius 3 is 1.33 bits per heavy atom. The van der Waals surface area contributed by atoms with Crippen LogP contribution in [-0.4, -0.2) is 5.11 Å². The molecule has 0 amide bonds. The van der Waals surface area contributed by atoms with E-state index < -0.39 is 0 Å². The van der Waals surface area contributed by atoms with Gasteiger partial charge in [0, 0.05) is 0 Å². The minimum atomic E-state index is 0.351. The lowest BCUT2D eigenvalue weighted by Gasteiger charge is -2.05. The summed E-state index contributed by atoms with van der Waals surface area (Å²) in [6.07, 6.45) is 29.9. The molecule has 0 saturated heterocycles. The highest BCUT2D eigenvalue weighted by Gasteiger charge is 1.99. The number of phenols is 1. The van der Waals surface area contributed by atoms with Crippen molar-refractivity contribution in [3.8, 4) is 5.75 Å². The first-order valence-electron chi connectivity index (χ1n) is 14.5. The van der Waals surface area contributed by atoms with Crippen molar-refractivity contribution in [1.82, 2.24) is 0 Å². The third-order valence-corrected chi connectivity index (χ3v) is 7.21. The molecule has 0 bridgehead atoms. The van der Waals surface area contributed by atoms with Gasteiger partial charge in [0.15, 0.2) is 0 Å². The molecular weight excluding hydrogens is 400 g/mol. The molecule has 0 radical (unpaired) electrons. The van der Waals surface area contributed by atoms with Gasteiger partial charge in [0.2, 0.25) is 0 Å². The maximum atomic E-state index is 9.58. The molecule has 0 atom stereocenters. The van der Waals surface area contributed by atoms with Crippen molar-refractivity contribution in [1.29, 1.82) is 0 Å². The summed E-state index contributed by atoms with van der Waals surface area (Å²) >= 11 is 0. The molecule has 0 heterocycles. The number of benzene rings is 2. The molecule has 2 aromatic carbocycles. The number of aromatic hydroxyl groups is 1. The molecule has 2 rings (SSSR count). The molecule has 0 aliphatic heterocycles. The van der Waals surface area contributed by atoms with Gasteiger partial charge in [-0.1, -0.05) is 153 Å². The SMILES string of the molecule is CCCCCCCCCCCCCCCCCCCCCCc1ccc2cc(O)ccc2c1. The number of rotatable bonds is 21. The smallest absolute Gasteiger partial charge is 0.116 e. The highest BCUT2D eigenvalue weighted by atomic mass is 16.3. The van der Waals surface area contributed by atoms with Gasteiger partial charge in [0.1, 0.15) is 5.75 Å². The number of aryl methyl sites for hydroxylation is 1. The van der Waals surface area contributed by atoms with Gasteiger partial charge >= 0.3 is 0 Å². The zero-order valence-electron chi connectivity index (χ0n) is 21.8. The molecular formula is C32H52O. The summed E-state index contributed by atoms with van der Waals surface area (Å²) in [5.74, 6) is 0.351. The van der Waals surface area contributed by atoms with Crippen LogP contribution >= 0.6 is 0 Å². The lowest BCUT2D eigenvalue weighted by atomic mass is 10.0. The molecule has 1 nitrogen and oxygen atoms in total. The Bertz CT molecular complexity index is 720. The number of fused-ring (bicyclic) bond motifs is 1. The van der Waals surface area contributed by atoms with Gasteiger partial charge in [0.05, 0.1) is 0 Å². The maximum Gasteiger partial charge on any atom is 0.116 e. The van der Waals surface area contributed by atoms with E-state index in [9.17, 15) is 5.11 Å². The first-order valence-corrected chi connectivity index (χ1v) is 14.5. The fraction of sp³-hybridized carbons (Fsp3) is 0.688. The normalized spacial score (nSPS) is 11.4. The van der Waals surface area contributed by atoms with Crippen LogP contribution in [-0.2, 0) is 6.42 Å². The van der Waals surface area contributed by atoms with E-state index >= 15 is 0 Å². The molecule has 0 unspecified atom stereocenters. The van der Waals surface area contributed by atoms with Gasteiger partial charge in [-0.25, -0.2) is 0 Å². The standard InChI is InChI=1S/C32H52O/c1-2-3-4-5-6-7-8-9-10-11-12-13-14-15-16-17-18-19-20-21-22-29-23-24-31-28-32(33)26-25-30(31)27-29/h23-28,33H,2-22H2,1H3. The average molecular weight is 453 g/mol. The summed E-state index contributed by atoms with van der Waals surface area (Å²) < 4.78 is 0. The van der Waals surface area contributed by atoms with E-state index in [1.165, 1.54) is 146 Å². The Hall–Kier alpha value is -1.50. The van der Waals surface area contributed by atoms with Crippen molar-refractivity contribution in [2.75, 3.05) is 0 Å². The summed E-state index contributed by atoms with van der Waals surface area (Å²) in [5, 5.41) is 11.9. The van der Waals surface area contributed by atoms with Gasteiger partial charge in [0.25, 0.3) is 0 Å². The first-order chi connectivity index (χ1) is 16.3. The van der Waals surface area contributed by atoms with Crippen molar-refractivity contribution < 1.29 is 5.11 Å². The average Bonchev–Trinajstić information content (AvgIpc) is 2.83. The van der Waals surface area contributed by atoms with Crippen LogP contribution in [0.2, 0.25) is 0 Å². The van der Waals surface area contributed by atoms with Crippen LogP contribution in [0.3, 0.4) is 0 Å². The van der Waals surface area contributed by atoms with E-state index in [2.05, 4.69) is 25.1 Å².